The van der Waals surface area contributed by atoms with E-state index in [2.05, 4.69) is 4.98 Å². The van der Waals surface area contributed by atoms with Crippen LogP contribution in [-0.4, -0.2) is 10.8 Å². The number of rotatable bonds is 4. The number of nitrogens with zero attached hydrogens (tertiary/aromatic N) is 1. The van der Waals surface area contributed by atoms with Gasteiger partial charge in [0.2, 0.25) is 5.88 Å². The van der Waals surface area contributed by atoms with Gasteiger partial charge in [-0.25, -0.2) is 4.98 Å². The van der Waals surface area contributed by atoms with Gasteiger partial charge in [0.05, 0.1) is 5.56 Å². The summed E-state index contributed by atoms with van der Waals surface area (Å²) in [6, 6.07) is 20.2. The predicted octanol–water partition coefficient (Wildman–Crippen LogP) is 4.41. The quantitative estimate of drug-likeness (QED) is 0.668. The summed E-state index contributed by atoms with van der Waals surface area (Å²) < 4.78 is 5.85. The molecule has 0 atom stereocenters. The molecule has 0 unspecified atom stereocenters. The third-order valence-corrected chi connectivity index (χ3v) is 3.34. The first-order valence-corrected chi connectivity index (χ1v) is 7.04. The SMILES string of the molecule is Cc1cccc(C(=O)c2ccccc2)c1Oc1ccccn1. The minimum Gasteiger partial charge on any atom is -0.438 e. The van der Waals surface area contributed by atoms with E-state index in [0.717, 1.165) is 5.56 Å². The zero-order chi connectivity index (χ0) is 15.4. The highest BCUT2D eigenvalue weighted by atomic mass is 16.5. The van der Waals surface area contributed by atoms with Crippen LogP contribution in [-0.2, 0) is 0 Å². The Labute approximate surface area is 129 Å². The molecule has 0 aliphatic rings. The zero-order valence-corrected chi connectivity index (χ0v) is 12.2. The summed E-state index contributed by atoms with van der Waals surface area (Å²) >= 11 is 0. The van der Waals surface area contributed by atoms with Crippen molar-refractivity contribution in [1.82, 2.24) is 4.98 Å². The minimum atomic E-state index is -0.0600. The molecule has 2 aromatic carbocycles. The average Bonchev–Trinajstić information content (AvgIpc) is 2.58. The highest BCUT2D eigenvalue weighted by Crippen LogP contribution is 2.29. The number of ketones is 1. The fourth-order valence-corrected chi connectivity index (χ4v) is 2.22. The number of aryl methyl sites for hydroxylation is 1. The second-order valence-corrected chi connectivity index (χ2v) is 4.92. The zero-order valence-electron chi connectivity index (χ0n) is 12.2. The van der Waals surface area contributed by atoms with Gasteiger partial charge in [-0.3, -0.25) is 4.79 Å². The highest BCUT2D eigenvalue weighted by molar-refractivity contribution is 6.10. The van der Waals surface area contributed by atoms with Crippen molar-refractivity contribution in [1.29, 1.82) is 0 Å². The first-order chi connectivity index (χ1) is 10.8. The number of hydrogen-bond donors (Lipinski definition) is 0. The monoisotopic (exact) mass is 289 g/mol. The van der Waals surface area contributed by atoms with Crippen molar-refractivity contribution in [3.63, 3.8) is 0 Å². The van der Waals surface area contributed by atoms with Gasteiger partial charge in [-0.2, -0.15) is 0 Å². The van der Waals surface area contributed by atoms with Gasteiger partial charge >= 0.3 is 0 Å². The standard InChI is InChI=1S/C19H15NO2/c1-14-8-7-11-16(18(21)15-9-3-2-4-10-15)19(14)22-17-12-5-6-13-20-17/h2-13H,1H3. The summed E-state index contributed by atoms with van der Waals surface area (Å²) in [5.41, 5.74) is 2.07. The lowest BCUT2D eigenvalue weighted by Crippen LogP contribution is -2.05. The second kappa shape index (κ2) is 6.22. The first kappa shape index (κ1) is 14.0. The number of carbonyl (C=O) groups is 1. The number of hydrogen-bond acceptors (Lipinski definition) is 3. The van der Waals surface area contributed by atoms with E-state index in [4.69, 9.17) is 4.74 Å². The number of benzene rings is 2. The van der Waals surface area contributed by atoms with Crippen molar-refractivity contribution in [2.75, 3.05) is 0 Å². The van der Waals surface area contributed by atoms with Crippen molar-refractivity contribution in [3.8, 4) is 11.6 Å². The molecule has 3 heteroatoms. The van der Waals surface area contributed by atoms with Crippen LogP contribution in [0, 0.1) is 6.92 Å². The van der Waals surface area contributed by atoms with E-state index in [9.17, 15) is 4.79 Å². The molecule has 0 spiro atoms. The average molecular weight is 289 g/mol. The molecule has 1 heterocycles. The molecular weight excluding hydrogens is 274 g/mol. The third-order valence-electron chi connectivity index (χ3n) is 3.34. The maximum absolute atomic E-state index is 12.7. The molecule has 0 amide bonds. The number of ether oxygens (including phenoxy) is 1. The molecule has 0 aliphatic heterocycles. The summed E-state index contributed by atoms with van der Waals surface area (Å²) in [7, 11) is 0. The van der Waals surface area contributed by atoms with Gasteiger partial charge in [0.1, 0.15) is 5.75 Å². The molecule has 0 bridgehead atoms. The molecule has 3 aromatic rings. The molecule has 0 radical (unpaired) electrons. The molecular formula is C19H15NO2. The van der Waals surface area contributed by atoms with Crippen molar-refractivity contribution >= 4 is 5.78 Å². The van der Waals surface area contributed by atoms with Crippen molar-refractivity contribution in [2.45, 2.75) is 6.92 Å². The molecule has 3 nitrogen and oxygen atoms in total. The molecule has 108 valence electrons. The smallest absolute Gasteiger partial charge is 0.219 e. The summed E-state index contributed by atoms with van der Waals surface area (Å²) in [5, 5.41) is 0. The van der Waals surface area contributed by atoms with E-state index in [1.54, 1.807) is 30.5 Å². The molecule has 3 rings (SSSR count). The van der Waals surface area contributed by atoms with Crippen molar-refractivity contribution < 1.29 is 9.53 Å². The first-order valence-electron chi connectivity index (χ1n) is 7.04. The lowest BCUT2D eigenvalue weighted by atomic mass is 10.0. The maximum atomic E-state index is 12.7. The molecule has 0 fully saturated rings. The van der Waals surface area contributed by atoms with Crippen LogP contribution in [0.25, 0.3) is 0 Å². The number of carbonyl (C=O) groups excluding carboxylic acids is 1. The van der Waals surface area contributed by atoms with Crippen LogP contribution in [0.1, 0.15) is 21.5 Å². The molecule has 0 aliphatic carbocycles. The minimum absolute atomic E-state index is 0.0600. The number of pyridine rings is 1. The van der Waals surface area contributed by atoms with Crippen LogP contribution < -0.4 is 4.74 Å². The van der Waals surface area contributed by atoms with Gasteiger partial charge in [-0.15, -0.1) is 0 Å². The largest absolute Gasteiger partial charge is 0.438 e. The topological polar surface area (TPSA) is 39.2 Å². The van der Waals surface area contributed by atoms with Crippen LogP contribution in [0.15, 0.2) is 72.9 Å². The Morgan fingerprint density at radius 3 is 2.41 bits per heavy atom. The van der Waals surface area contributed by atoms with Gasteiger partial charge in [-0.1, -0.05) is 48.5 Å². The number of para-hydroxylation sites is 1. The fourth-order valence-electron chi connectivity index (χ4n) is 2.22. The summed E-state index contributed by atoms with van der Waals surface area (Å²) in [6.07, 6.45) is 1.66. The summed E-state index contributed by atoms with van der Waals surface area (Å²) in [6.45, 7) is 1.92. The van der Waals surface area contributed by atoms with Crippen LogP contribution >= 0.6 is 0 Å². The van der Waals surface area contributed by atoms with E-state index in [1.165, 1.54) is 0 Å². The molecule has 22 heavy (non-hydrogen) atoms. The predicted molar refractivity (Wildman–Crippen MR) is 85.4 cm³/mol. The summed E-state index contributed by atoms with van der Waals surface area (Å²) in [4.78, 5) is 16.9. The fraction of sp³-hybridized carbons (Fsp3) is 0.0526. The van der Waals surface area contributed by atoms with Gasteiger partial charge < -0.3 is 4.74 Å². The Hall–Kier alpha value is -2.94. The normalized spacial score (nSPS) is 10.2. The third kappa shape index (κ3) is 2.88. The molecule has 0 saturated carbocycles. The van der Waals surface area contributed by atoms with E-state index >= 15 is 0 Å². The number of aromatic nitrogens is 1. The van der Waals surface area contributed by atoms with Gasteiger partial charge in [-0.05, 0) is 24.6 Å². The van der Waals surface area contributed by atoms with E-state index in [0.29, 0.717) is 22.8 Å². The Bertz CT molecular complexity index is 783. The van der Waals surface area contributed by atoms with E-state index in [-0.39, 0.29) is 5.78 Å². The summed E-state index contributed by atoms with van der Waals surface area (Å²) in [5.74, 6) is 0.962. The Kier molecular flexibility index (Phi) is 3.97. The van der Waals surface area contributed by atoms with Crippen molar-refractivity contribution in [3.05, 3.63) is 89.6 Å². The Morgan fingerprint density at radius 2 is 1.68 bits per heavy atom. The van der Waals surface area contributed by atoms with Gasteiger partial charge in [0, 0.05) is 17.8 Å². The molecule has 0 saturated heterocycles. The lowest BCUT2D eigenvalue weighted by molar-refractivity contribution is 0.103. The molecule has 0 N–H and O–H groups in total. The van der Waals surface area contributed by atoms with Crippen LogP contribution in [0.3, 0.4) is 0 Å². The maximum Gasteiger partial charge on any atom is 0.219 e. The highest BCUT2D eigenvalue weighted by Gasteiger charge is 2.17. The van der Waals surface area contributed by atoms with Crippen LogP contribution in [0.4, 0.5) is 0 Å². The Balaban J connectivity index is 2.02. The van der Waals surface area contributed by atoms with Gasteiger partial charge in [0.15, 0.2) is 5.78 Å². The van der Waals surface area contributed by atoms with Crippen LogP contribution in [0.5, 0.6) is 11.6 Å². The Morgan fingerprint density at radius 1 is 0.909 bits per heavy atom. The van der Waals surface area contributed by atoms with Gasteiger partial charge in [0.25, 0.3) is 0 Å². The van der Waals surface area contributed by atoms with E-state index < -0.39 is 0 Å². The molecule has 1 aromatic heterocycles. The van der Waals surface area contributed by atoms with E-state index in [1.807, 2.05) is 49.4 Å². The second-order valence-electron chi connectivity index (χ2n) is 4.92. The van der Waals surface area contributed by atoms with Crippen molar-refractivity contribution in [2.24, 2.45) is 0 Å². The van der Waals surface area contributed by atoms with Crippen LogP contribution in [0.2, 0.25) is 0 Å². The lowest BCUT2D eigenvalue weighted by Gasteiger charge is -2.12.